The Morgan fingerprint density at radius 1 is 1.55 bits per heavy atom. The van der Waals surface area contributed by atoms with Crippen LogP contribution in [0.2, 0.25) is 0 Å². The average Bonchev–Trinajstić information content (AvgIpc) is 2.84. The molecule has 1 aromatic carbocycles. The van der Waals surface area contributed by atoms with Gasteiger partial charge in [0, 0.05) is 18.5 Å². The zero-order valence-corrected chi connectivity index (χ0v) is 11.7. The van der Waals surface area contributed by atoms with Crippen LogP contribution in [0, 0.1) is 11.7 Å². The lowest BCUT2D eigenvalue weighted by Crippen LogP contribution is -2.39. The molecule has 20 heavy (non-hydrogen) atoms. The van der Waals surface area contributed by atoms with Crippen molar-refractivity contribution < 1.29 is 19.0 Å². The number of benzene rings is 1. The predicted molar refractivity (Wildman–Crippen MR) is 73.0 cm³/mol. The first kappa shape index (κ1) is 14.8. The molecule has 5 heteroatoms. The van der Waals surface area contributed by atoms with Gasteiger partial charge >= 0.3 is 0 Å². The first-order valence-electron chi connectivity index (χ1n) is 6.89. The molecule has 1 aliphatic rings. The van der Waals surface area contributed by atoms with Crippen molar-refractivity contribution in [2.75, 3.05) is 6.54 Å². The smallest absolute Gasteiger partial charge is 0.261 e. The number of hydrogen-bond acceptors (Lipinski definition) is 3. The van der Waals surface area contributed by atoms with Crippen molar-refractivity contribution in [2.45, 2.75) is 38.9 Å². The van der Waals surface area contributed by atoms with E-state index in [1.165, 1.54) is 6.07 Å². The molecule has 2 N–H and O–H groups in total. The van der Waals surface area contributed by atoms with Gasteiger partial charge in [-0.05, 0) is 18.4 Å². The number of amides is 1. The minimum absolute atomic E-state index is 0.160. The Kier molecular flexibility index (Phi) is 4.60. The minimum Gasteiger partial charge on any atom is -0.477 e. The van der Waals surface area contributed by atoms with E-state index in [1.807, 2.05) is 13.8 Å². The molecule has 0 bridgehead atoms. The van der Waals surface area contributed by atoms with Gasteiger partial charge in [0.15, 0.2) is 17.7 Å². The fourth-order valence-electron chi connectivity index (χ4n) is 2.17. The topological polar surface area (TPSA) is 58.6 Å². The molecule has 2 atom stereocenters. The summed E-state index contributed by atoms with van der Waals surface area (Å²) in [6.45, 7) is 4.23. The zero-order valence-electron chi connectivity index (χ0n) is 11.7. The highest BCUT2D eigenvalue weighted by Crippen LogP contribution is 2.31. The maximum Gasteiger partial charge on any atom is 0.261 e. The third kappa shape index (κ3) is 3.28. The molecule has 1 aliphatic heterocycles. The van der Waals surface area contributed by atoms with Crippen LogP contribution in [0.5, 0.6) is 5.75 Å². The normalized spacial score (nSPS) is 18.6. The van der Waals surface area contributed by atoms with Crippen molar-refractivity contribution in [1.82, 2.24) is 5.32 Å². The van der Waals surface area contributed by atoms with E-state index in [0.29, 0.717) is 24.9 Å². The third-order valence-corrected chi connectivity index (χ3v) is 3.52. The molecule has 110 valence electrons. The van der Waals surface area contributed by atoms with E-state index in [1.54, 1.807) is 12.1 Å². The van der Waals surface area contributed by atoms with Crippen LogP contribution in [0.15, 0.2) is 18.2 Å². The Morgan fingerprint density at radius 3 is 2.95 bits per heavy atom. The Hall–Kier alpha value is -1.62. The summed E-state index contributed by atoms with van der Waals surface area (Å²) in [5.41, 5.74) is 0.715. The molecule has 1 aromatic rings. The predicted octanol–water partition coefficient (Wildman–Crippen LogP) is 1.65. The van der Waals surface area contributed by atoms with Gasteiger partial charge < -0.3 is 15.2 Å². The highest BCUT2D eigenvalue weighted by Gasteiger charge is 2.30. The summed E-state index contributed by atoms with van der Waals surface area (Å²) in [6.07, 6.45) is -0.240. The molecule has 1 amide bonds. The van der Waals surface area contributed by atoms with Crippen molar-refractivity contribution in [3.05, 3.63) is 29.6 Å². The average molecular weight is 281 g/mol. The van der Waals surface area contributed by atoms with Crippen molar-refractivity contribution in [3.63, 3.8) is 0 Å². The van der Waals surface area contributed by atoms with Gasteiger partial charge in [0.1, 0.15) is 0 Å². The van der Waals surface area contributed by atoms with E-state index in [-0.39, 0.29) is 17.6 Å². The first-order valence-corrected chi connectivity index (χ1v) is 6.89. The van der Waals surface area contributed by atoms with Crippen LogP contribution in [0.1, 0.15) is 25.8 Å². The molecule has 0 fully saturated rings. The van der Waals surface area contributed by atoms with E-state index >= 15 is 0 Å². The van der Waals surface area contributed by atoms with Crippen LogP contribution in [-0.4, -0.2) is 29.8 Å². The maximum absolute atomic E-state index is 13.5. The lowest BCUT2D eigenvalue weighted by Gasteiger charge is -2.16. The molecular formula is C15H20FNO3. The summed E-state index contributed by atoms with van der Waals surface area (Å²) < 4.78 is 18.8. The van der Waals surface area contributed by atoms with Crippen LogP contribution < -0.4 is 10.1 Å². The number of carbonyl (C=O) groups is 1. The monoisotopic (exact) mass is 281 g/mol. The number of carbonyl (C=O) groups excluding carboxylic acids is 1. The van der Waals surface area contributed by atoms with E-state index in [0.717, 1.165) is 0 Å². The van der Waals surface area contributed by atoms with Crippen molar-refractivity contribution in [1.29, 1.82) is 0 Å². The fraction of sp³-hybridized carbons (Fsp3) is 0.533. The SMILES string of the molecule is CC(C)C(O)CCNC(=O)C1Cc2cccc(F)c2O1. The highest BCUT2D eigenvalue weighted by molar-refractivity contribution is 5.82. The molecule has 1 heterocycles. The standard InChI is InChI=1S/C15H20FNO3/c1-9(2)12(18)6-7-17-15(19)13-8-10-4-3-5-11(16)14(10)20-13/h3-5,9,12-13,18H,6-8H2,1-2H3,(H,17,19). The molecule has 0 saturated carbocycles. The van der Waals surface area contributed by atoms with Gasteiger partial charge in [0.25, 0.3) is 5.91 Å². The lowest BCUT2D eigenvalue weighted by atomic mass is 10.0. The first-order chi connectivity index (χ1) is 9.49. The Bertz CT molecular complexity index is 490. The van der Waals surface area contributed by atoms with Crippen LogP contribution in [0.3, 0.4) is 0 Å². The summed E-state index contributed by atoms with van der Waals surface area (Å²) >= 11 is 0. The van der Waals surface area contributed by atoms with Gasteiger partial charge in [-0.3, -0.25) is 4.79 Å². The second-order valence-electron chi connectivity index (χ2n) is 5.43. The second kappa shape index (κ2) is 6.22. The molecule has 4 nitrogen and oxygen atoms in total. The van der Waals surface area contributed by atoms with E-state index in [4.69, 9.17) is 4.74 Å². The van der Waals surface area contributed by atoms with Gasteiger partial charge in [0.2, 0.25) is 0 Å². The molecule has 2 unspecified atom stereocenters. The highest BCUT2D eigenvalue weighted by atomic mass is 19.1. The summed E-state index contributed by atoms with van der Waals surface area (Å²) in [5.74, 6) is -0.368. The lowest BCUT2D eigenvalue weighted by molar-refractivity contribution is -0.127. The number of aliphatic hydroxyl groups is 1. The third-order valence-electron chi connectivity index (χ3n) is 3.52. The van der Waals surface area contributed by atoms with E-state index < -0.39 is 18.0 Å². The largest absolute Gasteiger partial charge is 0.477 e. The molecule has 0 spiro atoms. The Labute approximate surface area is 117 Å². The van der Waals surface area contributed by atoms with Crippen molar-refractivity contribution in [2.24, 2.45) is 5.92 Å². The van der Waals surface area contributed by atoms with Gasteiger partial charge in [-0.15, -0.1) is 0 Å². The molecule has 0 aliphatic carbocycles. The van der Waals surface area contributed by atoms with Crippen LogP contribution in [0.25, 0.3) is 0 Å². The van der Waals surface area contributed by atoms with Crippen LogP contribution >= 0.6 is 0 Å². The Balaban J connectivity index is 1.83. The summed E-state index contributed by atoms with van der Waals surface area (Å²) in [7, 11) is 0. The number of para-hydroxylation sites is 1. The number of hydrogen-bond donors (Lipinski definition) is 2. The Morgan fingerprint density at radius 2 is 2.30 bits per heavy atom. The minimum atomic E-state index is -0.682. The van der Waals surface area contributed by atoms with Crippen molar-refractivity contribution >= 4 is 5.91 Å². The fourth-order valence-corrected chi connectivity index (χ4v) is 2.17. The maximum atomic E-state index is 13.5. The summed E-state index contributed by atoms with van der Waals surface area (Å²) in [5, 5.41) is 12.4. The number of rotatable bonds is 5. The van der Waals surface area contributed by atoms with Gasteiger partial charge in [-0.1, -0.05) is 26.0 Å². The number of nitrogens with one attached hydrogen (secondary N) is 1. The molecule has 0 radical (unpaired) electrons. The zero-order chi connectivity index (χ0) is 14.7. The van der Waals surface area contributed by atoms with Gasteiger partial charge in [0.05, 0.1) is 6.10 Å². The number of aliphatic hydroxyl groups excluding tert-OH is 1. The van der Waals surface area contributed by atoms with Gasteiger partial charge in [-0.25, -0.2) is 4.39 Å². The summed E-state index contributed by atoms with van der Waals surface area (Å²) in [4.78, 5) is 11.9. The number of fused-ring (bicyclic) bond motifs is 1. The molecule has 0 aromatic heterocycles. The molecule has 2 rings (SSSR count). The quantitative estimate of drug-likeness (QED) is 0.863. The second-order valence-corrected chi connectivity index (χ2v) is 5.43. The van der Waals surface area contributed by atoms with Crippen LogP contribution in [-0.2, 0) is 11.2 Å². The number of halogens is 1. The van der Waals surface area contributed by atoms with Gasteiger partial charge in [-0.2, -0.15) is 0 Å². The number of ether oxygens (including phenoxy) is 1. The molecule has 0 saturated heterocycles. The summed E-state index contributed by atoms with van der Waals surface area (Å²) in [6, 6.07) is 4.68. The van der Waals surface area contributed by atoms with Crippen molar-refractivity contribution in [3.8, 4) is 5.75 Å². The molecular weight excluding hydrogens is 261 g/mol. The van der Waals surface area contributed by atoms with E-state index in [9.17, 15) is 14.3 Å². The van der Waals surface area contributed by atoms with E-state index in [2.05, 4.69) is 5.32 Å². The van der Waals surface area contributed by atoms with Crippen LogP contribution in [0.4, 0.5) is 4.39 Å².